The molecule has 0 aromatic carbocycles. The van der Waals surface area contributed by atoms with Gasteiger partial charge >= 0.3 is 0 Å². The van der Waals surface area contributed by atoms with Gasteiger partial charge in [0, 0.05) is 18.4 Å². The smallest absolute Gasteiger partial charge is 0.299 e. The molecule has 0 saturated carbocycles. The van der Waals surface area contributed by atoms with E-state index in [1.165, 1.54) is 0 Å². The van der Waals surface area contributed by atoms with E-state index in [0.717, 1.165) is 12.2 Å². The van der Waals surface area contributed by atoms with Crippen LogP contribution in [-0.2, 0) is 16.1 Å². The summed E-state index contributed by atoms with van der Waals surface area (Å²) in [5, 5.41) is 0. The average Bonchev–Trinajstić information content (AvgIpc) is 2.50. The van der Waals surface area contributed by atoms with E-state index in [9.17, 15) is 4.79 Å². The van der Waals surface area contributed by atoms with E-state index in [0.29, 0.717) is 24.7 Å². The maximum atomic E-state index is 10.1. The molecule has 1 aromatic heterocycles. The summed E-state index contributed by atoms with van der Waals surface area (Å²) in [5.41, 5.74) is 1.05. The Morgan fingerprint density at radius 1 is 1.69 bits per heavy atom. The van der Waals surface area contributed by atoms with Gasteiger partial charge in [-0.3, -0.25) is 4.79 Å². The molecule has 0 spiro atoms. The molecule has 1 aliphatic heterocycles. The molecular weight excluding hydrogens is 170 g/mol. The number of aliphatic imine (C=N–C) groups is 1. The van der Waals surface area contributed by atoms with Gasteiger partial charge in [-0.15, -0.1) is 0 Å². The molecule has 0 radical (unpaired) electrons. The van der Waals surface area contributed by atoms with Crippen molar-refractivity contribution in [2.45, 2.75) is 13.5 Å². The number of rotatable bonds is 1. The van der Waals surface area contributed by atoms with Gasteiger partial charge in [0.05, 0.1) is 6.54 Å². The van der Waals surface area contributed by atoms with Crippen molar-refractivity contribution in [3.8, 4) is 0 Å². The third kappa shape index (κ3) is 1.22. The van der Waals surface area contributed by atoms with Gasteiger partial charge in [0.25, 0.3) is 12.4 Å². The molecular formula is C8H9N3O2. The normalized spacial score (nSPS) is 14.7. The van der Waals surface area contributed by atoms with E-state index >= 15 is 0 Å². The van der Waals surface area contributed by atoms with Gasteiger partial charge in [0.1, 0.15) is 0 Å². The van der Waals surface area contributed by atoms with E-state index in [1.807, 2.05) is 11.5 Å². The molecule has 5 heteroatoms. The van der Waals surface area contributed by atoms with E-state index in [-0.39, 0.29) is 0 Å². The second-order valence-electron chi connectivity index (χ2n) is 2.78. The summed E-state index contributed by atoms with van der Waals surface area (Å²) in [5.74, 6) is 0.949. The van der Waals surface area contributed by atoms with Crippen molar-refractivity contribution in [1.82, 2.24) is 9.55 Å². The highest BCUT2D eigenvalue weighted by atomic mass is 16.5. The minimum absolute atomic E-state index is 0.314. The van der Waals surface area contributed by atoms with E-state index in [1.54, 1.807) is 6.20 Å². The fourth-order valence-corrected chi connectivity index (χ4v) is 1.37. The molecule has 0 saturated heterocycles. The molecule has 1 aliphatic rings. The number of fused-ring (bicyclic) bond motifs is 1. The summed E-state index contributed by atoms with van der Waals surface area (Å²) < 4.78 is 6.69. The van der Waals surface area contributed by atoms with Crippen molar-refractivity contribution in [3.05, 3.63) is 17.7 Å². The zero-order valence-electron chi connectivity index (χ0n) is 7.23. The number of carbonyl (C=O) groups excluding carboxylic acids is 1. The van der Waals surface area contributed by atoms with Crippen LogP contribution >= 0.6 is 0 Å². The molecule has 0 atom stereocenters. The first kappa shape index (κ1) is 7.97. The molecule has 2 heterocycles. The quantitative estimate of drug-likeness (QED) is 0.575. The molecule has 0 amide bonds. The van der Waals surface area contributed by atoms with Crippen LogP contribution in [0.1, 0.15) is 11.5 Å². The lowest BCUT2D eigenvalue weighted by Gasteiger charge is -2.13. The minimum Gasteiger partial charge on any atom is -0.406 e. The van der Waals surface area contributed by atoms with Gasteiger partial charge in [-0.25, -0.2) is 9.98 Å². The molecule has 0 aliphatic carbocycles. The zero-order chi connectivity index (χ0) is 9.26. The van der Waals surface area contributed by atoms with E-state index in [2.05, 4.69) is 9.98 Å². The Labute approximate surface area is 75.1 Å². The predicted molar refractivity (Wildman–Crippen MR) is 45.5 cm³/mol. The predicted octanol–water partition coefficient (Wildman–Crippen LogP) is 0.125. The van der Waals surface area contributed by atoms with Crippen LogP contribution in [0.15, 0.2) is 11.2 Å². The number of imidazole rings is 1. The molecule has 2 rings (SSSR count). The lowest BCUT2D eigenvalue weighted by molar-refractivity contribution is -0.121. The third-order valence-electron chi connectivity index (χ3n) is 1.99. The highest BCUT2D eigenvalue weighted by Gasteiger charge is 2.17. The Bertz CT molecular complexity index is 367. The minimum atomic E-state index is 0.314. The van der Waals surface area contributed by atoms with Crippen molar-refractivity contribution < 1.29 is 9.53 Å². The number of hydrogen-bond donors (Lipinski definition) is 0. The topological polar surface area (TPSA) is 56.5 Å². The third-order valence-corrected chi connectivity index (χ3v) is 1.99. The van der Waals surface area contributed by atoms with Crippen LogP contribution in [0, 0.1) is 6.92 Å². The molecule has 0 unspecified atom stereocenters. The molecule has 68 valence electrons. The monoisotopic (exact) mass is 179 g/mol. The van der Waals surface area contributed by atoms with Crippen LogP contribution in [0.5, 0.6) is 0 Å². The number of ether oxygens (including phenoxy) is 1. The van der Waals surface area contributed by atoms with Crippen LogP contribution in [0.25, 0.3) is 0 Å². The number of nitrogens with zero attached hydrogens (tertiary/aromatic N) is 3. The van der Waals surface area contributed by atoms with Crippen LogP contribution in [0.2, 0.25) is 0 Å². The summed E-state index contributed by atoms with van der Waals surface area (Å²) in [6.07, 6.45) is 1.74. The fraction of sp³-hybridized carbons (Fsp3) is 0.375. The van der Waals surface area contributed by atoms with Gasteiger partial charge < -0.3 is 9.30 Å². The highest BCUT2D eigenvalue weighted by molar-refractivity contribution is 5.94. The number of aryl methyl sites for hydroxylation is 1. The van der Waals surface area contributed by atoms with Crippen molar-refractivity contribution in [3.63, 3.8) is 0 Å². The largest absolute Gasteiger partial charge is 0.406 e. The van der Waals surface area contributed by atoms with Gasteiger partial charge in [-0.05, 0) is 6.92 Å². The van der Waals surface area contributed by atoms with Crippen molar-refractivity contribution in [2.24, 2.45) is 4.99 Å². The summed E-state index contributed by atoms with van der Waals surface area (Å²) >= 11 is 0. The van der Waals surface area contributed by atoms with Gasteiger partial charge in [0.2, 0.25) is 0 Å². The average molecular weight is 179 g/mol. The van der Waals surface area contributed by atoms with Gasteiger partial charge in [-0.2, -0.15) is 0 Å². The molecule has 13 heavy (non-hydrogen) atoms. The molecule has 1 aromatic rings. The Hall–Kier alpha value is -1.65. The molecule has 0 bridgehead atoms. The van der Waals surface area contributed by atoms with Crippen LogP contribution in [-0.4, -0.2) is 28.5 Å². The van der Waals surface area contributed by atoms with Gasteiger partial charge in [0.15, 0.2) is 5.82 Å². The Balaban J connectivity index is 2.41. The summed E-state index contributed by atoms with van der Waals surface area (Å²) in [4.78, 5) is 18.3. The SMILES string of the molecule is Cc1cnc2n1CCN=C2OC=O. The molecule has 5 nitrogen and oxygen atoms in total. The van der Waals surface area contributed by atoms with Crippen LogP contribution in [0.3, 0.4) is 0 Å². The standard InChI is InChI=1S/C8H9N3O2/c1-6-4-10-7-8(13-5-12)9-2-3-11(6)7/h4-5H,2-3H2,1H3. The van der Waals surface area contributed by atoms with Gasteiger partial charge in [-0.1, -0.05) is 0 Å². The summed E-state index contributed by atoms with van der Waals surface area (Å²) in [6.45, 7) is 3.76. The molecule has 0 N–H and O–H groups in total. The summed E-state index contributed by atoms with van der Waals surface area (Å²) in [7, 11) is 0. The lowest BCUT2D eigenvalue weighted by atomic mass is 10.4. The maximum Gasteiger partial charge on any atom is 0.299 e. The maximum absolute atomic E-state index is 10.1. The second kappa shape index (κ2) is 3.01. The Morgan fingerprint density at radius 3 is 3.31 bits per heavy atom. The van der Waals surface area contributed by atoms with Crippen LogP contribution in [0.4, 0.5) is 0 Å². The Morgan fingerprint density at radius 2 is 2.54 bits per heavy atom. The summed E-state index contributed by atoms with van der Waals surface area (Å²) in [6, 6.07) is 0. The Kier molecular flexibility index (Phi) is 1.84. The van der Waals surface area contributed by atoms with Crippen LogP contribution < -0.4 is 0 Å². The lowest BCUT2D eigenvalue weighted by Crippen LogP contribution is -2.21. The van der Waals surface area contributed by atoms with E-state index in [4.69, 9.17) is 4.74 Å². The molecule has 0 fully saturated rings. The van der Waals surface area contributed by atoms with Crippen molar-refractivity contribution in [2.75, 3.05) is 6.54 Å². The number of aromatic nitrogens is 2. The number of hydrogen-bond acceptors (Lipinski definition) is 4. The zero-order valence-corrected chi connectivity index (χ0v) is 7.23. The van der Waals surface area contributed by atoms with E-state index < -0.39 is 0 Å². The van der Waals surface area contributed by atoms with Crippen molar-refractivity contribution in [1.29, 1.82) is 0 Å². The second-order valence-corrected chi connectivity index (χ2v) is 2.78. The number of carbonyl (C=O) groups is 1. The highest BCUT2D eigenvalue weighted by Crippen LogP contribution is 2.10. The first-order chi connectivity index (χ1) is 6.33. The first-order valence-electron chi connectivity index (χ1n) is 4.00. The fourth-order valence-electron chi connectivity index (χ4n) is 1.37. The van der Waals surface area contributed by atoms with Crippen molar-refractivity contribution >= 4 is 12.4 Å². The first-order valence-corrected chi connectivity index (χ1v) is 4.00.